The topological polar surface area (TPSA) is 50.7 Å². The van der Waals surface area contributed by atoms with Gasteiger partial charge in [-0.05, 0) is 67.3 Å². The summed E-state index contributed by atoms with van der Waals surface area (Å²) < 4.78 is 11.2. The molecule has 0 aromatic heterocycles. The summed E-state index contributed by atoms with van der Waals surface area (Å²) >= 11 is 0. The Morgan fingerprint density at radius 3 is 2.65 bits per heavy atom. The van der Waals surface area contributed by atoms with Crippen LogP contribution in [0.3, 0.4) is 0 Å². The lowest BCUT2D eigenvalue weighted by Crippen LogP contribution is -2.31. The molecule has 0 saturated carbocycles. The summed E-state index contributed by atoms with van der Waals surface area (Å²) in [6.07, 6.45) is 1.87. The molecule has 122 valence electrons. The first-order valence-corrected chi connectivity index (χ1v) is 8.06. The molecule has 1 aliphatic heterocycles. The van der Waals surface area contributed by atoms with Gasteiger partial charge >= 0.3 is 0 Å². The monoisotopic (exact) mass is 313 g/mol. The van der Waals surface area contributed by atoms with Gasteiger partial charge in [0, 0.05) is 6.04 Å². The van der Waals surface area contributed by atoms with E-state index in [0.29, 0.717) is 12.4 Å². The fraction of sp³-hybridized carbons (Fsp3) is 0.368. The van der Waals surface area contributed by atoms with Gasteiger partial charge in [-0.15, -0.1) is 0 Å². The summed E-state index contributed by atoms with van der Waals surface area (Å²) in [6.45, 7) is 3.54. The third-order valence-corrected chi connectivity index (χ3v) is 4.26. The minimum atomic E-state index is 0.244. The van der Waals surface area contributed by atoms with Crippen LogP contribution in [0.2, 0.25) is 0 Å². The summed E-state index contributed by atoms with van der Waals surface area (Å²) in [7, 11) is 1.68. The van der Waals surface area contributed by atoms with E-state index in [-0.39, 0.29) is 6.04 Å². The van der Waals surface area contributed by atoms with Gasteiger partial charge in [0.05, 0.1) is 13.7 Å². The van der Waals surface area contributed by atoms with Gasteiger partial charge in [-0.25, -0.2) is 0 Å². The quantitative estimate of drug-likeness (QED) is 0.890. The van der Waals surface area contributed by atoms with Crippen LogP contribution in [0, 0.1) is 0 Å². The molecular weight excluding hydrogens is 290 g/mol. The zero-order chi connectivity index (χ0) is 16.2. The molecule has 23 heavy (non-hydrogen) atoms. The van der Waals surface area contributed by atoms with Crippen molar-refractivity contribution < 1.29 is 14.6 Å². The van der Waals surface area contributed by atoms with Crippen molar-refractivity contribution >= 4 is 0 Å². The lowest BCUT2D eigenvalue weighted by atomic mass is 9.90. The molecule has 1 heterocycles. The Morgan fingerprint density at radius 1 is 1.17 bits per heavy atom. The Balaban J connectivity index is 1.91. The van der Waals surface area contributed by atoms with Crippen LogP contribution in [0.5, 0.6) is 17.2 Å². The highest BCUT2D eigenvalue weighted by molar-refractivity contribution is 5.50. The van der Waals surface area contributed by atoms with E-state index in [0.717, 1.165) is 30.9 Å². The first kappa shape index (κ1) is 15.7. The van der Waals surface area contributed by atoms with Crippen LogP contribution in [-0.4, -0.2) is 25.4 Å². The van der Waals surface area contributed by atoms with Crippen molar-refractivity contribution in [3.63, 3.8) is 0 Å². The van der Waals surface area contributed by atoms with Crippen LogP contribution in [0.1, 0.15) is 29.7 Å². The normalized spacial score (nSPS) is 16.7. The van der Waals surface area contributed by atoms with Gasteiger partial charge in [-0.2, -0.15) is 0 Å². The van der Waals surface area contributed by atoms with Crippen molar-refractivity contribution in [2.24, 2.45) is 0 Å². The van der Waals surface area contributed by atoms with Crippen molar-refractivity contribution in [3.05, 3.63) is 53.1 Å². The predicted molar refractivity (Wildman–Crippen MR) is 90.4 cm³/mol. The van der Waals surface area contributed by atoms with Crippen molar-refractivity contribution in [3.8, 4) is 17.2 Å². The van der Waals surface area contributed by atoms with Gasteiger partial charge in [-0.1, -0.05) is 12.1 Å². The van der Waals surface area contributed by atoms with Crippen LogP contribution in [0.25, 0.3) is 0 Å². The molecule has 0 amide bonds. The zero-order valence-corrected chi connectivity index (χ0v) is 13.6. The van der Waals surface area contributed by atoms with Crippen LogP contribution >= 0.6 is 0 Å². The average molecular weight is 313 g/mol. The zero-order valence-electron chi connectivity index (χ0n) is 13.6. The minimum absolute atomic E-state index is 0.244. The molecule has 2 aromatic rings. The predicted octanol–water partition coefficient (Wildman–Crippen LogP) is 3.23. The molecule has 2 aromatic carbocycles. The summed E-state index contributed by atoms with van der Waals surface area (Å²) in [4.78, 5) is 0. The van der Waals surface area contributed by atoms with E-state index in [2.05, 4.69) is 17.4 Å². The highest BCUT2D eigenvalue weighted by atomic mass is 16.5. The van der Waals surface area contributed by atoms with Crippen LogP contribution < -0.4 is 14.8 Å². The van der Waals surface area contributed by atoms with Crippen molar-refractivity contribution in [1.82, 2.24) is 5.32 Å². The van der Waals surface area contributed by atoms with Crippen LogP contribution in [0.4, 0.5) is 0 Å². The molecule has 0 radical (unpaired) electrons. The number of phenolic OH excluding ortho intramolecular Hbond substituents is 1. The maximum atomic E-state index is 9.43. The molecule has 1 aliphatic rings. The Hall–Kier alpha value is -2.20. The smallest absolute Gasteiger partial charge is 0.161 e. The summed E-state index contributed by atoms with van der Waals surface area (Å²) in [5.74, 6) is 1.90. The summed E-state index contributed by atoms with van der Waals surface area (Å²) in [6, 6.07) is 11.9. The second-order valence-electron chi connectivity index (χ2n) is 5.76. The number of aromatic hydroxyl groups is 1. The Kier molecular flexibility index (Phi) is 4.72. The minimum Gasteiger partial charge on any atom is -0.508 e. The molecule has 2 N–H and O–H groups in total. The lowest BCUT2D eigenvalue weighted by molar-refractivity contribution is 0.309. The lowest BCUT2D eigenvalue weighted by Gasteiger charge is -2.28. The van der Waals surface area contributed by atoms with Gasteiger partial charge in [0.1, 0.15) is 5.75 Å². The Morgan fingerprint density at radius 2 is 1.96 bits per heavy atom. The molecule has 3 rings (SSSR count). The molecule has 0 fully saturated rings. The van der Waals surface area contributed by atoms with E-state index in [1.54, 1.807) is 19.2 Å². The third-order valence-electron chi connectivity index (χ3n) is 4.26. The summed E-state index contributed by atoms with van der Waals surface area (Å²) in [5, 5.41) is 13.0. The highest BCUT2D eigenvalue weighted by Gasteiger charge is 2.23. The molecule has 4 heteroatoms. The highest BCUT2D eigenvalue weighted by Crippen LogP contribution is 2.36. The van der Waals surface area contributed by atoms with E-state index < -0.39 is 0 Å². The maximum Gasteiger partial charge on any atom is 0.161 e. The van der Waals surface area contributed by atoms with E-state index in [1.807, 2.05) is 19.1 Å². The first-order valence-electron chi connectivity index (χ1n) is 8.06. The Labute approximate surface area is 137 Å². The van der Waals surface area contributed by atoms with Gasteiger partial charge < -0.3 is 19.9 Å². The first-order chi connectivity index (χ1) is 11.2. The molecular formula is C19H23NO3. The van der Waals surface area contributed by atoms with E-state index in [4.69, 9.17) is 9.47 Å². The number of fused-ring (bicyclic) bond motifs is 1. The van der Waals surface area contributed by atoms with Gasteiger partial charge in [0.15, 0.2) is 11.5 Å². The molecule has 1 unspecified atom stereocenters. The van der Waals surface area contributed by atoms with Gasteiger partial charge in [0.25, 0.3) is 0 Å². The largest absolute Gasteiger partial charge is 0.508 e. The van der Waals surface area contributed by atoms with Gasteiger partial charge in [0.2, 0.25) is 0 Å². The molecule has 0 spiro atoms. The number of rotatable bonds is 5. The van der Waals surface area contributed by atoms with Crippen molar-refractivity contribution in [2.75, 3.05) is 20.3 Å². The third kappa shape index (κ3) is 3.42. The van der Waals surface area contributed by atoms with E-state index >= 15 is 0 Å². The van der Waals surface area contributed by atoms with Gasteiger partial charge in [-0.3, -0.25) is 0 Å². The molecule has 0 saturated heterocycles. The maximum absolute atomic E-state index is 9.43. The fourth-order valence-corrected chi connectivity index (χ4v) is 3.13. The standard InChI is InChI=1S/C19H23NO3/c1-3-23-19-12-16-14(11-18(19)22-2)8-9-20-17(16)10-13-4-6-15(21)7-5-13/h4-7,11-12,17,20-21H,3,8-10H2,1-2H3. The number of methoxy groups -OCH3 is 1. The van der Waals surface area contributed by atoms with Crippen LogP contribution in [-0.2, 0) is 12.8 Å². The number of phenols is 1. The number of hydrogen-bond acceptors (Lipinski definition) is 4. The molecule has 0 aliphatic carbocycles. The number of hydrogen-bond donors (Lipinski definition) is 2. The van der Waals surface area contributed by atoms with E-state index in [1.165, 1.54) is 16.7 Å². The fourth-order valence-electron chi connectivity index (χ4n) is 3.13. The van der Waals surface area contributed by atoms with Crippen molar-refractivity contribution in [1.29, 1.82) is 0 Å². The molecule has 0 bridgehead atoms. The number of benzene rings is 2. The molecule has 4 nitrogen and oxygen atoms in total. The number of nitrogens with one attached hydrogen (secondary N) is 1. The van der Waals surface area contributed by atoms with E-state index in [9.17, 15) is 5.11 Å². The molecule has 1 atom stereocenters. The number of ether oxygens (including phenoxy) is 2. The second kappa shape index (κ2) is 6.92. The summed E-state index contributed by atoms with van der Waals surface area (Å²) in [5.41, 5.74) is 3.78. The SMILES string of the molecule is CCOc1cc2c(cc1OC)CCNC2Cc1ccc(O)cc1. The average Bonchev–Trinajstić information content (AvgIpc) is 2.57. The second-order valence-corrected chi connectivity index (χ2v) is 5.76. The van der Waals surface area contributed by atoms with Crippen LogP contribution in [0.15, 0.2) is 36.4 Å². The Bertz CT molecular complexity index is 667. The van der Waals surface area contributed by atoms with Crippen molar-refractivity contribution in [2.45, 2.75) is 25.8 Å².